The molecule has 7 aromatic rings. The van der Waals surface area contributed by atoms with E-state index in [1.807, 2.05) is 0 Å². The standard InChI is InChI=1S/C45H36P2/c1-33-26-27-35-29-31-43(47(38-21-10-4-11-22-38)39-23-12-5-13-24-39)45(41(35)32-33)44-40-25-15-14-16-34(40)28-30-42(44)46(36-17-6-2-7-18-36)37-19-8-3-9-20-37/h2-31,33H,32H2,1H3. The van der Waals surface area contributed by atoms with E-state index in [1.165, 1.54) is 64.9 Å². The average molecular weight is 639 g/mol. The van der Waals surface area contributed by atoms with E-state index >= 15 is 0 Å². The molecule has 1 aliphatic carbocycles. The van der Waals surface area contributed by atoms with Crippen molar-refractivity contribution in [2.75, 3.05) is 0 Å². The molecule has 1 unspecified atom stereocenters. The Morgan fingerprint density at radius 3 is 1.43 bits per heavy atom. The predicted molar refractivity (Wildman–Crippen MR) is 209 cm³/mol. The Kier molecular flexibility index (Phi) is 8.40. The second-order valence-electron chi connectivity index (χ2n) is 12.3. The number of hydrogen-bond donors (Lipinski definition) is 0. The van der Waals surface area contributed by atoms with Gasteiger partial charge in [-0.05, 0) is 93.0 Å². The average Bonchev–Trinajstić information content (AvgIpc) is 3.14. The zero-order valence-corrected chi connectivity index (χ0v) is 28.3. The van der Waals surface area contributed by atoms with Gasteiger partial charge in [0.25, 0.3) is 0 Å². The van der Waals surface area contributed by atoms with Gasteiger partial charge in [0.1, 0.15) is 0 Å². The van der Waals surface area contributed by atoms with Gasteiger partial charge in [-0.1, -0.05) is 189 Å². The van der Waals surface area contributed by atoms with Gasteiger partial charge in [-0.3, -0.25) is 0 Å². The van der Waals surface area contributed by atoms with Crippen LogP contribution in [0.25, 0.3) is 28.0 Å². The smallest absolute Gasteiger partial charge is 0.00121 e. The van der Waals surface area contributed by atoms with Crippen LogP contribution in [0.2, 0.25) is 0 Å². The number of benzene rings is 7. The minimum Gasteiger partial charge on any atom is -0.0808 e. The summed E-state index contributed by atoms with van der Waals surface area (Å²) < 4.78 is 0. The minimum atomic E-state index is -0.839. The van der Waals surface area contributed by atoms with Crippen LogP contribution in [0.1, 0.15) is 18.1 Å². The zero-order valence-electron chi connectivity index (χ0n) is 26.5. The molecule has 0 fully saturated rings. The number of hydrogen-bond acceptors (Lipinski definition) is 0. The van der Waals surface area contributed by atoms with Crippen LogP contribution in [0.4, 0.5) is 0 Å². The first-order valence-corrected chi connectivity index (χ1v) is 19.1. The molecule has 0 aliphatic heterocycles. The van der Waals surface area contributed by atoms with Crippen LogP contribution in [0.3, 0.4) is 0 Å². The summed E-state index contributed by atoms with van der Waals surface area (Å²) in [5, 5.41) is 11.0. The second kappa shape index (κ2) is 13.3. The van der Waals surface area contributed by atoms with Crippen molar-refractivity contribution >= 4 is 64.5 Å². The minimum absolute atomic E-state index is 0.472. The topological polar surface area (TPSA) is 0 Å². The van der Waals surface area contributed by atoms with E-state index in [2.05, 4.69) is 189 Å². The van der Waals surface area contributed by atoms with Gasteiger partial charge in [-0.25, -0.2) is 0 Å². The summed E-state index contributed by atoms with van der Waals surface area (Å²) in [6.07, 6.45) is 5.78. The molecule has 0 saturated heterocycles. The van der Waals surface area contributed by atoms with Gasteiger partial charge in [0.05, 0.1) is 0 Å². The molecule has 0 bridgehead atoms. The highest BCUT2D eigenvalue weighted by Gasteiger charge is 2.30. The summed E-state index contributed by atoms with van der Waals surface area (Å²) in [6.45, 7) is 2.36. The normalized spacial score (nSPS) is 14.1. The molecule has 0 spiro atoms. The summed E-state index contributed by atoms with van der Waals surface area (Å²) in [5.41, 5.74) is 5.66. The fourth-order valence-corrected chi connectivity index (χ4v) is 12.0. The number of fused-ring (bicyclic) bond motifs is 2. The van der Waals surface area contributed by atoms with Crippen LogP contribution in [0.15, 0.2) is 176 Å². The summed E-state index contributed by atoms with van der Waals surface area (Å²) >= 11 is 0. The van der Waals surface area contributed by atoms with Crippen LogP contribution < -0.4 is 31.8 Å². The Bertz CT molecular complexity index is 2090. The lowest BCUT2D eigenvalue weighted by atomic mass is 9.84. The number of rotatable bonds is 7. The van der Waals surface area contributed by atoms with Crippen molar-refractivity contribution in [1.29, 1.82) is 0 Å². The van der Waals surface area contributed by atoms with Gasteiger partial charge in [0.2, 0.25) is 0 Å². The molecule has 0 nitrogen and oxygen atoms in total. The fraction of sp³-hybridized carbons (Fsp3) is 0.0667. The third-order valence-corrected chi connectivity index (χ3v) is 14.1. The molecule has 47 heavy (non-hydrogen) atoms. The maximum atomic E-state index is 2.46. The Balaban J connectivity index is 1.52. The lowest BCUT2D eigenvalue weighted by Gasteiger charge is -2.31. The molecule has 0 saturated carbocycles. The highest BCUT2D eigenvalue weighted by atomic mass is 31.1. The Morgan fingerprint density at radius 2 is 0.894 bits per heavy atom. The fourth-order valence-electron chi connectivity index (χ4n) is 7.02. The molecule has 8 rings (SSSR count). The van der Waals surface area contributed by atoms with Crippen molar-refractivity contribution in [3.05, 3.63) is 187 Å². The van der Waals surface area contributed by atoms with Gasteiger partial charge < -0.3 is 0 Å². The lowest BCUT2D eigenvalue weighted by Crippen LogP contribution is -2.27. The predicted octanol–water partition coefficient (Wildman–Crippen LogP) is 9.23. The summed E-state index contributed by atoms with van der Waals surface area (Å²) in [7, 11) is -1.67. The SMILES string of the molecule is CC1C=Cc2ccc(P(c3ccccc3)c3ccccc3)c(-c3c(P(c4ccccc4)c4ccccc4)ccc4ccccc34)c2C1. The molecular formula is C45H36P2. The summed E-state index contributed by atoms with van der Waals surface area (Å²) in [4.78, 5) is 0. The van der Waals surface area contributed by atoms with Gasteiger partial charge in [0.15, 0.2) is 0 Å². The maximum Gasteiger partial charge on any atom is -0.00121 e. The highest BCUT2D eigenvalue weighted by molar-refractivity contribution is 7.80. The van der Waals surface area contributed by atoms with Gasteiger partial charge >= 0.3 is 0 Å². The third kappa shape index (κ3) is 5.79. The van der Waals surface area contributed by atoms with Crippen LogP contribution in [-0.4, -0.2) is 0 Å². The molecule has 1 aliphatic rings. The van der Waals surface area contributed by atoms with Gasteiger partial charge in [0, 0.05) is 0 Å². The van der Waals surface area contributed by atoms with E-state index in [9.17, 15) is 0 Å². The zero-order chi connectivity index (χ0) is 31.6. The van der Waals surface area contributed by atoms with E-state index in [-0.39, 0.29) is 0 Å². The van der Waals surface area contributed by atoms with Crippen molar-refractivity contribution in [3.8, 4) is 11.1 Å². The van der Waals surface area contributed by atoms with E-state index < -0.39 is 15.8 Å². The first-order chi connectivity index (χ1) is 23.3. The highest BCUT2D eigenvalue weighted by Crippen LogP contribution is 2.46. The summed E-state index contributed by atoms with van der Waals surface area (Å²) in [5.74, 6) is 0.472. The Hall–Kier alpha value is -4.60. The summed E-state index contributed by atoms with van der Waals surface area (Å²) in [6, 6.07) is 63.4. The molecule has 7 aromatic carbocycles. The van der Waals surface area contributed by atoms with Crippen LogP contribution in [0, 0.1) is 5.92 Å². The molecule has 0 radical (unpaired) electrons. The largest absolute Gasteiger partial charge is 0.0808 e. The van der Waals surface area contributed by atoms with Crippen LogP contribution in [-0.2, 0) is 6.42 Å². The van der Waals surface area contributed by atoms with Crippen LogP contribution >= 0.6 is 15.8 Å². The monoisotopic (exact) mass is 638 g/mol. The lowest BCUT2D eigenvalue weighted by molar-refractivity contribution is 0.719. The van der Waals surface area contributed by atoms with E-state index in [0.29, 0.717) is 5.92 Å². The van der Waals surface area contributed by atoms with E-state index in [1.54, 1.807) is 0 Å². The third-order valence-electron chi connectivity index (χ3n) is 9.15. The van der Waals surface area contributed by atoms with Crippen molar-refractivity contribution in [1.82, 2.24) is 0 Å². The molecule has 226 valence electrons. The second-order valence-corrected chi connectivity index (χ2v) is 16.6. The van der Waals surface area contributed by atoms with E-state index in [4.69, 9.17) is 0 Å². The molecule has 0 amide bonds. The van der Waals surface area contributed by atoms with E-state index in [0.717, 1.165) is 6.42 Å². The van der Waals surface area contributed by atoms with Crippen molar-refractivity contribution in [3.63, 3.8) is 0 Å². The molecule has 0 heterocycles. The number of allylic oxidation sites excluding steroid dienone is 1. The Morgan fingerprint density at radius 1 is 0.447 bits per heavy atom. The molecule has 1 atom stereocenters. The van der Waals surface area contributed by atoms with Crippen molar-refractivity contribution in [2.24, 2.45) is 5.92 Å². The van der Waals surface area contributed by atoms with Crippen molar-refractivity contribution < 1.29 is 0 Å². The first kappa shape index (κ1) is 29.8. The van der Waals surface area contributed by atoms with Crippen molar-refractivity contribution in [2.45, 2.75) is 13.3 Å². The molecule has 2 heteroatoms. The molecule has 0 aromatic heterocycles. The Labute approximate surface area is 281 Å². The maximum absolute atomic E-state index is 2.46. The quantitative estimate of drug-likeness (QED) is 0.153. The molecular weight excluding hydrogens is 602 g/mol. The van der Waals surface area contributed by atoms with Gasteiger partial charge in [-0.2, -0.15) is 0 Å². The first-order valence-electron chi connectivity index (χ1n) is 16.4. The molecule has 0 N–H and O–H groups in total. The van der Waals surface area contributed by atoms with Crippen LogP contribution in [0.5, 0.6) is 0 Å². The van der Waals surface area contributed by atoms with Gasteiger partial charge in [-0.15, -0.1) is 0 Å².